The first-order valence-electron chi connectivity index (χ1n) is 27.2. The van der Waals surface area contributed by atoms with Gasteiger partial charge in [0.2, 0.25) is 0 Å². The van der Waals surface area contributed by atoms with Gasteiger partial charge in [-0.15, -0.1) is 0 Å². The van der Waals surface area contributed by atoms with E-state index in [0.29, 0.717) is 25.7 Å². The highest BCUT2D eigenvalue weighted by Gasteiger charge is 2.19. The van der Waals surface area contributed by atoms with Crippen LogP contribution in [0.1, 0.15) is 284 Å². The van der Waals surface area contributed by atoms with Crippen LogP contribution in [-0.4, -0.2) is 37.1 Å². The van der Waals surface area contributed by atoms with E-state index in [4.69, 9.17) is 21.1 Å². The highest BCUT2D eigenvalue weighted by molar-refractivity contribution is 5.71. The van der Waals surface area contributed by atoms with E-state index in [1.807, 2.05) is 0 Å². The third kappa shape index (κ3) is 45.1. The van der Waals surface area contributed by atoms with E-state index >= 15 is 0 Å². The number of carbonyl (C=O) groups is 3. The molecule has 0 aliphatic carbocycles. The Morgan fingerprint density at radius 2 is 0.632 bits per heavy atom. The van der Waals surface area contributed by atoms with Gasteiger partial charge in [-0.25, -0.2) is 0 Å². The van der Waals surface area contributed by atoms with Crippen LogP contribution in [0, 0.1) is 0 Å². The Morgan fingerprint density at radius 1 is 0.386 bits per heavy atom. The predicted molar refractivity (Wildman–Crippen MR) is 243 cm³/mol. The van der Waals surface area contributed by atoms with Crippen molar-refractivity contribution in [2.24, 2.45) is 0 Å². The van der Waals surface area contributed by atoms with Crippen molar-refractivity contribution in [3.05, 3.63) is 12.2 Å². The predicted octanol–water partition coefficient (Wildman–Crippen LogP) is 16.2. The zero-order valence-electron chi connectivity index (χ0n) is 42.9. The van der Waals surface area contributed by atoms with Crippen molar-refractivity contribution >= 4 is 17.9 Å². The van der Waals surface area contributed by atoms with Crippen LogP contribution in [0.15, 0.2) is 12.2 Å². The topological polar surface area (TPSA) is 78.9 Å². The highest BCUT2D eigenvalue weighted by atomic mass is 16.6. The number of hydrogen-bond acceptors (Lipinski definition) is 6. The molecule has 0 aromatic rings. The van der Waals surface area contributed by atoms with Gasteiger partial charge in [-0.05, 0) is 44.9 Å². The minimum Gasteiger partial charge on any atom is -0.462 e. The van der Waals surface area contributed by atoms with Gasteiger partial charge in [0.05, 0.1) is 6.85 Å². The lowest BCUT2D eigenvalue weighted by atomic mass is 10.0. The summed E-state index contributed by atoms with van der Waals surface area (Å²) in [4.78, 5) is 38.8. The number of unbranched alkanes of at least 4 members (excludes halogenated alkanes) is 33. The molecule has 57 heavy (non-hydrogen) atoms. The standard InChI is InChI=1S/C51H96O6/c1-4-7-10-13-16-19-22-25-26-27-30-33-36-39-42-45-51(54)57-48(46-55-49(52)43-40-37-34-31-28-23-20-17-14-11-8-5-2)47-56-50(53)44-41-38-35-32-29-24-21-18-15-12-9-6-3/h25-26,48H,4-24,27-47H2,1-3H3/b26-25+/i46D2,47D2,48D. The molecule has 0 spiro atoms. The fourth-order valence-electron chi connectivity index (χ4n) is 7.10. The summed E-state index contributed by atoms with van der Waals surface area (Å²) in [5, 5.41) is 0. The van der Waals surface area contributed by atoms with Crippen molar-refractivity contribution in [2.45, 2.75) is 284 Å². The van der Waals surface area contributed by atoms with Crippen molar-refractivity contribution in [1.82, 2.24) is 0 Å². The Kier molecular flexibility index (Phi) is 38.0. The van der Waals surface area contributed by atoms with E-state index in [-0.39, 0.29) is 19.3 Å². The summed E-state index contributed by atoms with van der Waals surface area (Å²) in [5.41, 5.74) is 0. The van der Waals surface area contributed by atoms with Crippen molar-refractivity contribution in [3.63, 3.8) is 0 Å². The second-order valence-corrected chi connectivity index (χ2v) is 16.6. The number of carbonyl (C=O) groups excluding carboxylic acids is 3. The van der Waals surface area contributed by atoms with Gasteiger partial charge in [0.1, 0.15) is 13.1 Å². The van der Waals surface area contributed by atoms with Crippen LogP contribution < -0.4 is 0 Å². The molecular formula is C51H96O6. The first kappa shape index (κ1) is 46.2. The van der Waals surface area contributed by atoms with E-state index in [1.165, 1.54) is 128 Å². The molecule has 0 atom stereocenters. The summed E-state index contributed by atoms with van der Waals surface area (Å²) in [7, 11) is 0. The van der Waals surface area contributed by atoms with Gasteiger partial charge in [0.25, 0.3) is 0 Å². The maximum Gasteiger partial charge on any atom is 0.306 e. The Morgan fingerprint density at radius 3 is 0.930 bits per heavy atom. The second-order valence-electron chi connectivity index (χ2n) is 16.6. The summed E-state index contributed by atoms with van der Waals surface area (Å²) < 4.78 is 58.7. The van der Waals surface area contributed by atoms with Crippen LogP contribution in [0.4, 0.5) is 0 Å². The molecule has 0 heterocycles. The van der Waals surface area contributed by atoms with Crippen molar-refractivity contribution in [3.8, 4) is 0 Å². The average Bonchev–Trinajstić information content (AvgIpc) is 3.22. The molecule has 0 aromatic carbocycles. The van der Waals surface area contributed by atoms with Crippen LogP contribution in [0.2, 0.25) is 0 Å². The normalized spacial score (nSPS) is 13.5. The monoisotopic (exact) mass is 810 g/mol. The van der Waals surface area contributed by atoms with E-state index in [9.17, 15) is 14.4 Å². The summed E-state index contributed by atoms with van der Waals surface area (Å²) in [6.45, 7) is -0.219. The Bertz CT molecular complexity index is 1050. The number of rotatable bonds is 46. The Balaban J connectivity index is 5.04. The molecule has 0 aliphatic heterocycles. The van der Waals surface area contributed by atoms with Crippen molar-refractivity contribution < 1.29 is 35.4 Å². The summed E-state index contributed by atoms with van der Waals surface area (Å²) >= 11 is 0. The van der Waals surface area contributed by atoms with Crippen LogP contribution in [-0.2, 0) is 28.6 Å². The lowest BCUT2D eigenvalue weighted by Crippen LogP contribution is -2.30. The molecule has 0 aliphatic rings. The molecule has 0 aromatic heterocycles. The largest absolute Gasteiger partial charge is 0.462 e. The van der Waals surface area contributed by atoms with Gasteiger partial charge in [0, 0.05) is 19.3 Å². The van der Waals surface area contributed by atoms with Crippen LogP contribution in [0.5, 0.6) is 0 Å². The zero-order chi connectivity index (χ0) is 46.1. The first-order valence-corrected chi connectivity index (χ1v) is 24.7. The van der Waals surface area contributed by atoms with Gasteiger partial charge in [-0.3, -0.25) is 14.4 Å². The van der Waals surface area contributed by atoms with E-state index in [1.54, 1.807) is 0 Å². The maximum atomic E-state index is 13.1. The molecule has 0 bridgehead atoms. The summed E-state index contributed by atoms with van der Waals surface area (Å²) in [5.74, 6) is -2.95. The summed E-state index contributed by atoms with van der Waals surface area (Å²) in [6.07, 6.45) is 40.9. The molecule has 0 N–H and O–H groups in total. The molecule has 6 heteroatoms. The van der Waals surface area contributed by atoms with E-state index in [2.05, 4.69) is 32.9 Å². The third-order valence-electron chi connectivity index (χ3n) is 10.8. The lowest BCUT2D eigenvalue weighted by Gasteiger charge is -2.18. The van der Waals surface area contributed by atoms with Gasteiger partial charge in [-0.2, -0.15) is 0 Å². The van der Waals surface area contributed by atoms with Gasteiger partial charge < -0.3 is 14.2 Å². The number of esters is 3. The van der Waals surface area contributed by atoms with E-state index < -0.39 is 37.1 Å². The molecule has 0 radical (unpaired) electrons. The van der Waals surface area contributed by atoms with Crippen LogP contribution >= 0.6 is 0 Å². The number of allylic oxidation sites excluding steroid dienone is 2. The fourth-order valence-corrected chi connectivity index (χ4v) is 7.10. The molecular weight excluding hydrogens is 709 g/mol. The van der Waals surface area contributed by atoms with Gasteiger partial charge in [0.15, 0.2) is 6.08 Å². The molecule has 6 nitrogen and oxygen atoms in total. The zero-order valence-corrected chi connectivity index (χ0v) is 37.9. The molecule has 0 unspecified atom stereocenters. The second kappa shape index (κ2) is 46.8. The molecule has 336 valence electrons. The molecule has 0 saturated heterocycles. The highest BCUT2D eigenvalue weighted by Crippen LogP contribution is 2.16. The SMILES string of the molecule is [2H]C([2H])(OC(=O)CCCCCCCCCCCCCC)C([2H])(OC(=O)CCCCCCC/C=C/CCCCCCCC)C([2H])([2H])OC(=O)CCCCCCCCCCCCCC. The van der Waals surface area contributed by atoms with Crippen LogP contribution in [0.25, 0.3) is 0 Å². The van der Waals surface area contributed by atoms with E-state index in [0.717, 1.165) is 83.5 Å². The Labute approximate surface area is 361 Å². The molecule has 0 fully saturated rings. The van der Waals surface area contributed by atoms with Gasteiger partial charge in [-0.1, -0.05) is 226 Å². The number of hydrogen-bond donors (Lipinski definition) is 0. The third-order valence-corrected chi connectivity index (χ3v) is 10.8. The number of ether oxygens (including phenoxy) is 3. The van der Waals surface area contributed by atoms with Crippen molar-refractivity contribution in [1.29, 1.82) is 0 Å². The average molecular weight is 810 g/mol. The molecule has 0 amide bonds. The Hall–Kier alpha value is -1.85. The maximum absolute atomic E-state index is 13.1. The smallest absolute Gasteiger partial charge is 0.306 e. The minimum absolute atomic E-state index is 0.127. The molecule has 0 rings (SSSR count). The van der Waals surface area contributed by atoms with Crippen LogP contribution in [0.3, 0.4) is 0 Å². The quantitative estimate of drug-likeness (QED) is 0.0264. The van der Waals surface area contributed by atoms with Crippen molar-refractivity contribution in [2.75, 3.05) is 13.1 Å². The first-order chi connectivity index (χ1) is 29.9. The molecule has 0 saturated carbocycles. The summed E-state index contributed by atoms with van der Waals surface area (Å²) in [6, 6.07) is 0. The van der Waals surface area contributed by atoms with Gasteiger partial charge >= 0.3 is 17.9 Å². The minimum atomic E-state index is -3.49. The lowest BCUT2D eigenvalue weighted by molar-refractivity contribution is -0.167. The fraction of sp³-hybridized carbons (Fsp3) is 0.902.